The minimum absolute atomic E-state index is 0.113. The van der Waals surface area contributed by atoms with Gasteiger partial charge in [0.1, 0.15) is 0 Å². The van der Waals surface area contributed by atoms with E-state index in [1.165, 1.54) is 0 Å². The van der Waals surface area contributed by atoms with Gasteiger partial charge in [-0.2, -0.15) is 0 Å². The Morgan fingerprint density at radius 3 is 3.00 bits per heavy atom. The first-order chi connectivity index (χ1) is 10.6. The van der Waals surface area contributed by atoms with Gasteiger partial charge >= 0.3 is 0 Å². The topological polar surface area (TPSA) is 36.4 Å². The largest absolute Gasteiger partial charge is 0.349 e. The molecule has 4 nitrogen and oxygen atoms in total. The van der Waals surface area contributed by atoms with E-state index in [4.69, 9.17) is 11.6 Å². The number of pyridine rings is 1. The van der Waals surface area contributed by atoms with Crippen LogP contribution in [0.4, 0.5) is 0 Å². The summed E-state index contributed by atoms with van der Waals surface area (Å²) in [5.41, 5.74) is 2.12. The highest BCUT2D eigenvalue weighted by molar-refractivity contribution is 6.35. The lowest BCUT2D eigenvalue weighted by Crippen LogP contribution is -2.31. The molecule has 5 heteroatoms. The van der Waals surface area contributed by atoms with Crippen LogP contribution in [-0.4, -0.2) is 47.9 Å². The average Bonchev–Trinajstić information content (AvgIpc) is 2.98. The molecule has 1 aromatic heterocycles. The van der Waals surface area contributed by atoms with Crippen LogP contribution in [0.15, 0.2) is 30.5 Å². The molecule has 3 rings (SSSR count). The Morgan fingerprint density at radius 2 is 2.23 bits per heavy atom. The quantitative estimate of drug-likeness (QED) is 0.873. The molecule has 0 aliphatic carbocycles. The number of hydrogen-bond acceptors (Lipinski definition) is 3. The maximum atomic E-state index is 12.1. The summed E-state index contributed by atoms with van der Waals surface area (Å²) in [6.45, 7) is 2.57. The number of nitrogens with zero attached hydrogens (tertiary/aromatic N) is 3. The molecule has 0 saturated carbocycles. The SMILES string of the molecule is CN(C)C(=O)C1CCN(Cc2ccc(Cl)c3cccnc23)C1. The van der Waals surface area contributed by atoms with Crippen LogP contribution < -0.4 is 0 Å². The maximum Gasteiger partial charge on any atom is 0.226 e. The third kappa shape index (κ3) is 2.94. The minimum atomic E-state index is 0.113. The smallest absolute Gasteiger partial charge is 0.226 e. The number of halogens is 1. The van der Waals surface area contributed by atoms with Crippen LogP contribution in [0.25, 0.3) is 10.9 Å². The van der Waals surface area contributed by atoms with Crippen molar-refractivity contribution in [1.82, 2.24) is 14.8 Å². The van der Waals surface area contributed by atoms with E-state index in [0.717, 1.165) is 47.5 Å². The predicted octanol–water partition coefficient (Wildman–Crippen LogP) is 2.80. The molecule has 116 valence electrons. The fourth-order valence-corrected chi connectivity index (χ4v) is 3.32. The number of rotatable bonds is 3. The standard InChI is InChI=1S/C17H20ClN3O/c1-20(2)17(22)13-7-9-21(11-13)10-12-5-6-15(18)14-4-3-8-19-16(12)14/h3-6,8,13H,7,9-11H2,1-2H3. The zero-order valence-electron chi connectivity index (χ0n) is 12.9. The summed E-state index contributed by atoms with van der Waals surface area (Å²) in [6, 6.07) is 7.87. The highest BCUT2D eigenvalue weighted by Gasteiger charge is 2.29. The van der Waals surface area contributed by atoms with Crippen molar-refractivity contribution in [3.8, 4) is 0 Å². The summed E-state index contributed by atoms with van der Waals surface area (Å²) in [4.78, 5) is 20.6. The predicted molar refractivity (Wildman–Crippen MR) is 88.8 cm³/mol. The average molecular weight is 318 g/mol. The molecule has 1 atom stereocenters. The second-order valence-corrected chi connectivity index (χ2v) is 6.47. The summed E-state index contributed by atoms with van der Waals surface area (Å²) >= 11 is 6.24. The second kappa shape index (κ2) is 6.23. The van der Waals surface area contributed by atoms with Crippen molar-refractivity contribution in [2.45, 2.75) is 13.0 Å². The van der Waals surface area contributed by atoms with Crippen LogP contribution in [0.5, 0.6) is 0 Å². The van der Waals surface area contributed by atoms with Crippen LogP contribution in [0.1, 0.15) is 12.0 Å². The Bertz CT molecular complexity index is 701. The van der Waals surface area contributed by atoms with Crippen LogP contribution >= 0.6 is 11.6 Å². The first-order valence-corrected chi connectivity index (χ1v) is 7.89. The van der Waals surface area contributed by atoms with E-state index in [2.05, 4.69) is 9.88 Å². The Balaban J connectivity index is 1.78. The van der Waals surface area contributed by atoms with Crippen molar-refractivity contribution in [1.29, 1.82) is 0 Å². The van der Waals surface area contributed by atoms with Crippen molar-refractivity contribution >= 4 is 28.4 Å². The number of fused-ring (bicyclic) bond motifs is 1. The number of carbonyl (C=O) groups is 1. The van der Waals surface area contributed by atoms with Gasteiger partial charge in [0.2, 0.25) is 5.91 Å². The Labute approximate surface area is 135 Å². The minimum Gasteiger partial charge on any atom is -0.349 e. The number of likely N-dealkylation sites (tertiary alicyclic amines) is 1. The monoisotopic (exact) mass is 317 g/mol. The Morgan fingerprint density at radius 1 is 1.41 bits per heavy atom. The van der Waals surface area contributed by atoms with Gasteiger partial charge < -0.3 is 4.90 Å². The molecule has 22 heavy (non-hydrogen) atoms. The van der Waals surface area contributed by atoms with Gasteiger partial charge in [-0.3, -0.25) is 14.7 Å². The van der Waals surface area contributed by atoms with Gasteiger partial charge in [0.05, 0.1) is 11.4 Å². The third-order valence-corrected chi connectivity index (χ3v) is 4.59. The summed E-state index contributed by atoms with van der Waals surface area (Å²) < 4.78 is 0. The fraction of sp³-hybridized carbons (Fsp3) is 0.412. The van der Waals surface area contributed by atoms with Crippen molar-refractivity contribution in [2.75, 3.05) is 27.2 Å². The first kappa shape index (κ1) is 15.3. The zero-order valence-corrected chi connectivity index (χ0v) is 13.7. The van der Waals surface area contributed by atoms with Crippen LogP contribution in [0.2, 0.25) is 5.02 Å². The Hall–Kier alpha value is -1.65. The van der Waals surface area contributed by atoms with Crippen LogP contribution in [0, 0.1) is 5.92 Å². The van der Waals surface area contributed by atoms with Crippen LogP contribution in [-0.2, 0) is 11.3 Å². The van der Waals surface area contributed by atoms with Gasteiger partial charge in [0, 0.05) is 43.8 Å². The summed E-state index contributed by atoms with van der Waals surface area (Å²) in [5, 5.41) is 1.72. The number of carbonyl (C=O) groups excluding carboxylic acids is 1. The van der Waals surface area contributed by atoms with E-state index in [9.17, 15) is 4.79 Å². The molecule has 1 aliphatic rings. The molecule has 1 fully saturated rings. The highest BCUT2D eigenvalue weighted by atomic mass is 35.5. The van der Waals surface area contributed by atoms with Crippen molar-refractivity contribution in [3.05, 3.63) is 41.0 Å². The lowest BCUT2D eigenvalue weighted by molar-refractivity contribution is -0.132. The molecule has 2 heterocycles. The summed E-state index contributed by atoms with van der Waals surface area (Å²) in [5.74, 6) is 0.336. The fourth-order valence-electron chi connectivity index (χ4n) is 3.11. The molecule has 0 radical (unpaired) electrons. The molecule has 1 aliphatic heterocycles. The van der Waals surface area contributed by atoms with Gasteiger partial charge in [0.25, 0.3) is 0 Å². The molecular weight excluding hydrogens is 298 g/mol. The third-order valence-electron chi connectivity index (χ3n) is 4.26. The molecular formula is C17H20ClN3O. The lowest BCUT2D eigenvalue weighted by atomic mass is 10.1. The Kier molecular flexibility index (Phi) is 4.32. The van der Waals surface area contributed by atoms with Gasteiger partial charge in [0.15, 0.2) is 0 Å². The molecule has 0 spiro atoms. The van der Waals surface area contributed by atoms with Crippen molar-refractivity contribution < 1.29 is 4.79 Å². The summed E-state index contributed by atoms with van der Waals surface area (Å²) in [7, 11) is 3.64. The van der Waals surface area contributed by atoms with E-state index < -0.39 is 0 Å². The second-order valence-electron chi connectivity index (χ2n) is 6.06. The van der Waals surface area contributed by atoms with Crippen LogP contribution in [0.3, 0.4) is 0 Å². The highest BCUT2D eigenvalue weighted by Crippen LogP contribution is 2.27. The maximum absolute atomic E-state index is 12.1. The van der Waals surface area contributed by atoms with Gasteiger partial charge in [-0.25, -0.2) is 0 Å². The van der Waals surface area contributed by atoms with E-state index >= 15 is 0 Å². The molecule has 1 aromatic carbocycles. The number of amides is 1. The molecule has 1 saturated heterocycles. The van der Waals surface area contributed by atoms with Gasteiger partial charge in [-0.1, -0.05) is 17.7 Å². The van der Waals surface area contributed by atoms with E-state index in [1.807, 2.05) is 38.4 Å². The lowest BCUT2D eigenvalue weighted by Gasteiger charge is -2.19. The number of aromatic nitrogens is 1. The van der Waals surface area contributed by atoms with E-state index in [-0.39, 0.29) is 11.8 Å². The molecule has 0 N–H and O–H groups in total. The zero-order chi connectivity index (χ0) is 15.7. The molecule has 1 unspecified atom stereocenters. The van der Waals surface area contributed by atoms with Gasteiger partial charge in [-0.15, -0.1) is 0 Å². The van der Waals surface area contributed by atoms with E-state index in [1.54, 1.807) is 11.1 Å². The van der Waals surface area contributed by atoms with Crippen molar-refractivity contribution in [2.24, 2.45) is 5.92 Å². The molecule has 1 amide bonds. The first-order valence-electron chi connectivity index (χ1n) is 7.52. The van der Waals surface area contributed by atoms with E-state index in [0.29, 0.717) is 0 Å². The number of benzene rings is 1. The number of hydrogen-bond donors (Lipinski definition) is 0. The van der Waals surface area contributed by atoms with Crippen molar-refractivity contribution in [3.63, 3.8) is 0 Å². The van der Waals surface area contributed by atoms with Gasteiger partial charge in [-0.05, 0) is 36.7 Å². The molecule has 2 aromatic rings. The summed E-state index contributed by atoms with van der Waals surface area (Å²) in [6.07, 6.45) is 2.72. The normalized spacial score (nSPS) is 18.8. The molecule has 0 bridgehead atoms.